The maximum atomic E-state index is 11.1. The number of amides is 2. The van der Waals surface area contributed by atoms with Gasteiger partial charge in [0.25, 0.3) is 0 Å². The van der Waals surface area contributed by atoms with E-state index in [1.165, 1.54) is 0 Å². The zero-order chi connectivity index (χ0) is 11.8. The number of rotatable bonds is 1. The van der Waals surface area contributed by atoms with Crippen molar-refractivity contribution >= 4 is 23.3 Å². The third kappa shape index (κ3) is 1.75. The van der Waals surface area contributed by atoms with Crippen LogP contribution in [0.5, 0.6) is 0 Å². The minimum absolute atomic E-state index is 0.160. The summed E-state index contributed by atoms with van der Waals surface area (Å²) in [6.07, 6.45) is 2.72. The Labute approximate surface area is 98.4 Å². The first-order valence-corrected chi connectivity index (χ1v) is 5.44. The van der Waals surface area contributed by atoms with Crippen LogP contribution < -0.4 is 16.4 Å². The number of benzene rings is 1. The largest absolute Gasteiger partial charge is 0.387 e. The molecule has 4 N–H and O–H groups in total. The van der Waals surface area contributed by atoms with Crippen LogP contribution in [0.1, 0.15) is 17.5 Å². The molecule has 0 saturated heterocycles. The van der Waals surface area contributed by atoms with Gasteiger partial charge in [-0.25, -0.2) is 9.79 Å². The van der Waals surface area contributed by atoms with Crippen LogP contribution in [-0.4, -0.2) is 11.9 Å². The first-order valence-electron chi connectivity index (χ1n) is 5.44. The molecule has 0 spiro atoms. The van der Waals surface area contributed by atoms with Gasteiger partial charge in [0.2, 0.25) is 0 Å². The Morgan fingerprint density at radius 2 is 2.24 bits per heavy atom. The Balaban J connectivity index is 1.97. The molecule has 17 heavy (non-hydrogen) atoms. The number of fused-ring (bicyclic) bond motifs is 1. The summed E-state index contributed by atoms with van der Waals surface area (Å²) >= 11 is 0. The molecule has 2 aliphatic rings. The molecule has 86 valence electrons. The molecule has 0 aliphatic carbocycles. The topological polar surface area (TPSA) is 79.5 Å². The number of nitrogens with zero attached hydrogens (tertiary/aromatic N) is 1. The highest BCUT2D eigenvalue weighted by Crippen LogP contribution is 2.27. The third-order valence-corrected chi connectivity index (χ3v) is 2.86. The zero-order valence-corrected chi connectivity index (χ0v) is 9.16. The Kier molecular flexibility index (Phi) is 2.11. The van der Waals surface area contributed by atoms with Crippen molar-refractivity contribution in [2.24, 2.45) is 10.7 Å². The molecule has 0 saturated carbocycles. The lowest BCUT2D eigenvalue weighted by Gasteiger charge is -2.18. The number of carbonyl (C=O) groups excluding carboxylic acids is 1. The Morgan fingerprint density at radius 3 is 3.00 bits per heavy atom. The highest BCUT2D eigenvalue weighted by molar-refractivity contribution is 5.95. The number of hydrogen-bond acceptors (Lipinski definition) is 3. The van der Waals surface area contributed by atoms with Gasteiger partial charge in [-0.3, -0.25) is 0 Å². The number of urea groups is 1. The highest BCUT2D eigenvalue weighted by atomic mass is 16.2. The van der Waals surface area contributed by atoms with Gasteiger partial charge in [-0.1, -0.05) is 12.1 Å². The minimum atomic E-state index is -0.160. The summed E-state index contributed by atoms with van der Waals surface area (Å²) in [6, 6.07) is 5.70. The van der Waals surface area contributed by atoms with Crippen LogP contribution >= 0.6 is 0 Å². The standard InChI is InChI=1S/C12H12N4O/c13-11-4-3-9(15-11)7-1-2-10-8(5-7)6-14-12(17)16-10/h1-3,5H,4,6H2,(H2,13,15)(H2,14,16,17). The second kappa shape index (κ2) is 3.62. The second-order valence-electron chi connectivity index (χ2n) is 4.08. The van der Waals surface area contributed by atoms with E-state index < -0.39 is 0 Å². The van der Waals surface area contributed by atoms with Crippen LogP contribution in [0.2, 0.25) is 0 Å². The molecule has 0 unspecified atom stereocenters. The van der Waals surface area contributed by atoms with Crippen LogP contribution in [-0.2, 0) is 6.54 Å². The molecular formula is C12H12N4O. The predicted octanol–water partition coefficient (Wildman–Crippen LogP) is 1.42. The van der Waals surface area contributed by atoms with E-state index in [4.69, 9.17) is 5.73 Å². The molecule has 5 nitrogen and oxygen atoms in total. The van der Waals surface area contributed by atoms with Crippen molar-refractivity contribution in [1.29, 1.82) is 0 Å². The molecule has 1 aromatic rings. The Bertz CT molecular complexity index is 560. The van der Waals surface area contributed by atoms with Gasteiger partial charge in [0.15, 0.2) is 0 Å². The fourth-order valence-electron chi connectivity index (χ4n) is 1.99. The molecule has 0 fully saturated rings. The van der Waals surface area contributed by atoms with Crippen molar-refractivity contribution < 1.29 is 4.79 Å². The van der Waals surface area contributed by atoms with E-state index >= 15 is 0 Å². The summed E-state index contributed by atoms with van der Waals surface area (Å²) in [4.78, 5) is 15.4. The predicted molar refractivity (Wildman–Crippen MR) is 66.5 cm³/mol. The van der Waals surface area contributed by atoms with Crippen LogP contribution in [0.3, 0.4) is 0 Å². The lowest BCUT2D eigenvalue weighted by atomic mass is 10.0. The summed E-state index contributed by atoms with van der Waals surface area (Å²) in [7, 11) is 0. The van der Waals surface area contributed by atoms with E-state index in [2.05, 4.69) is 15.6 Å². The number of hydrogen-bond donors (Lipinski definition) is 3. The zero-order valence-electron chi connectivity index (χ0n) is 9.16. The Hall–Kier alpha value is -2.30. The molecule has 2 amide bonds. The van der Waals surface area contributed by atoms with Crippen LogP contribution in [0.25, 0.3) is 5.70 Å². The summed E-state index contributed by atoms with van der Waals surface area (Å²) in [6.45, 7) is 0.543. The molecule has 5 heteroatoms. The molecule has 2 aliphatic heterocycles. The third-order valence-electron chi connectivity index (χ3n) is 2.86. The maximum absolute atomic E-state index is 11.1. The van der Waals surface area contributed by atoms with Crippen molar-refractivity contribution in [3.63, 3.8) is 0 Å². The van der Waals surface area contributed by atoms with Gasteiger partial charge in [-0.05, 0) is 17.7 Å². The van der Waals surface area contributed by atoms with Crippen molar-refractivity contribution in [2.75, 3.05) is 5.32 Å². The Morgan fingerprint density at radius 1 is 1.35 bits per heavy atom. The minimum Gasteiger partial charge on any atom is -0.387 e. The first-order chi connectivity index (χ1) is 8.22. The van der Waals surface area contributed by atoms with Gasteiger partial charge in [0, 0.05) is 24.2 Å². The highest BCUT2D eigenvalue weighted by Gasteiger charge is 2.15. The van der Waals surface area contributed by atoms with Gasteiger partial charge in [-0.15, -0.1) is 0 Å². The van der Waals surface area contributed by atoms with E-state index in [9.17, 15) is 4.79 Å². The number of nitrogens with one attached hydrogen (secondary N) is 2. The van der Waals surface area contributed by atoms with Crippen molar-refractivity contribution in [1.82, 2.24) is 5.32 Å². The SMILES string of the molecule is NC1=NC(c2ccc3c(c2)CNC(=O)N3)=CC1. The second-order valence-corrected chi connectivity index (χ2v) is 4.08. The van der Waals surface area contributed by atoms with E-state index in [0.717, 1.165) is 22.5 Å². The lowest BCUT2D eigenvalue weighted by molar-refractivity contribution is 0.251. The van der Waals surface area contributed by atoms with Gasteiger partial charge >= 0.3 is 6.03 Å². The van der Waals surface area contributed by atoms with Gasteiger partial charge in [0.05, 0.1) is 5.70 Å². The molecule has 3 rings (SSSR count). The molecule has 0 bridgehead atoms. The summed E-state index contributed by atoms with van der Waals surface area (Å²) < 4.78 is 0. The normalized spacial score (nSPS) is 17.8. The molecule has 2 heterocycles. The lowest BCUT2D eigenvalue weighted by Crippen LogP contribution is -2.33. The number of aliphatic imine (C=N–C) groups is 1. The van der Waals surface area contributed by atoms with E-state index in [0.29, 0.717) is 18.8 Å². The molecule has 1 aromatic carbocycles. The van der Waals surface area contributed by atoms with Gasteiger partial charge < -0.3 is 16.4 Å². The van der Waals surface area contributed by atoms with Crippen LogP contribution in [0.15, 0.2) is 29.3 Å². The first kappa shape index (κ1) is 9.89. The summed E-state index contributed by atoms with van der Waals surface area (Å²) in [5.74, 6) is 0.643. The van der Waals surface area contributed by atoms with Crippen LogP contribution in [0.4, 0.5) is 10.5 Å². The van der Waals surface area contributed by atoms with Crippen LogP contribution in [0, 0.1) is 0 Å². The van der Waals surface area contributed by atoms with Crippen molar-refractivity contribution in [3.05, 3.63) is 35.4 Å². The summed E-state index contributed by atoms with van der Waals surface area (Å²) in [5, 5.41) is 5.49. The molecular weight excluding hydrogens is 216 g/mol. The average Bonchev–Trinajstić information content (AvgIpc) is 2.75. The number of anilines is 1. The average molecular weight is 228 g/mol. The molecule has 0 atom stereocenters. The quantitative estimate of drug-likeness (QED) is 0.679. The van der Waals surface area contributed by atoms with Gasteiger partial charge in [0.1, 0.15) is 5.84 Å². The van der Waals surface area contributed by atoms with E-state index in [1.807, 2.05) is 24.3 Å². The fraction of sp³-hybridized carbons (Fsp3) is 0.167. The van der Waals surface area contributed by atoms with E-state index in [-0.39, 0.29) is 6.03 Å². The molecule has 0 radical (unpaired) electrons. The van der Waals surface area contributed by atoms with Gasteiger partial charge in [-0.2, -0.15) is 0 Å². The fourth-order valence-corrected chi connectivity index (χ4v) is 1.99. The smallest absolute Gasteiger partial charge is 0.319 e. The summed E-state index contributed by atoms with van der Waals surface area (Å²) in [5.41, 5.74) is 9.50. The monoisotopic (exact) mass is 228 g/mol. The number of carbonyl (C=O) groups is 1. The number of amidine groups is 1. The van der Waals surface area contributed by atoms with E-state index in [1.54, 1.807) is 0 Å². The van der Waals surface area contributed by atoms with Crippen molar-refractivity contribution in [2.45, 2.75) is 13.0 Å². The van der Waals surface area contributed by atoms with Crippen molar-refractivity contribution in [3.8, 4) is 0 Å². The maximum Gasteiger partial charge on any atom is 0.319 e. The molecule has 0 aromatic heterocycles. The number of nitrogens with two attached hydrogens (primary N) is 1.